The van der Waals surface area contributed by atoms with E-state index in [2.05, 4.69) is 5.32 Å². The number of hydrogen-bond acceptors (Lipinski definition) is 2. The average Bonchev–Trinajstić information content (AvgIpc) is 2.59. The minimum atomic E-state index is -2.67. The second-order valence-corrected chi connectivity index (χ2v) is 4.41. The van der Waals surface area contributed by atoms with Gasteiger partial charge >= 0.3 is 0 Å². The van der Waals surface area contributed by atoms with Crippen molar-refractivity contribution in [2.45, 2.75) is 25.2 Å². The summed E-state index contributed by atoms with van der Waals surface area (Å²) in [6.45, 7) is 1.39. The number of halogens is 3. The van der Waals surface area contributed by atoms with Crippen LogP contribution in [0.4, 0.5) is 8.78 Å². The summed E-state index contributed by atoms with van der Waals surface area (Å²) >= 11 is 0. The summed E-state index contributed by atoms with van der Waals surface area (Å²) in [7, 11) is 0. The zero-order valence-corrected chi connectivity index (χ0v) is 9.86. The van der Waals surface area contributed by atoms with E-state index in [1.54, 1.807) is 0 Å². The van der Waals surface area contributed by atoms with E-state index >= 15 is 0 Å². The number of rotatable bonds is 1. The molecule has 0 aromatic rings. The summed E-state index contributed by atoms with van der Waals surface area (Å²) in [5.74, 6) is -2.86. The molecule has 3 nitrogen and oxygen atoms in total. The highest BCUT2D eigenvalue weighted by atomic mass is 35.5. The van der Waals surface area contributed by atoms with Gasteiger partial charge in [0.15, 0.2) is 0 Å². The highest BCUT2D eigenvalue weighted by Crippen LogP contribution is 2.28. The van der Waals surface area contributed by atoms with E-state index in [-0.39, 0.29) is 43.7 Å². The first-order valence-corrected chi connectivity index (χ1v) is 5.46. The fraction of sp³-hybridized carbons (Fsp3) is 0.900. The maximum Gasteiger partial charge on any atom is 0.267 e. The molecule has 2 aliphatic heterocycles. The molecule has 1 amide bonds. The van der Waals surface area contributed by atoms with Crippen LogP contribution < -0.4 is 5.32 Å². The van der Waals surface area contributed by atoms with E-state index in [9.17, 15) is 13.6 Å². The SMILES string of the molecule is Cl.O=C([C@@H]1CCCNC1)N1CCC(F)(F)C1. The lowest BCUT2D eigenvalue weighted by Gasteiger charge is -2.26. The molecule has 1 atom stereocenters. The van der Waals surface area contributed by atoms with Crippen molar-refractivity contribution in [3.63, 3.8) is 0 Å². The number of nitrogens with one attached hydrogen (secondary N) is 1. The Morgan fingerprint density at radius 1 is 1.44 bits per heavy atom. The predicted molar refractivity (Wildman–Crippen MR) is 59.0 cm³/mol. The van der Waals surface area contributed by atoms with Gasteiger partial charge in [-0.2, -0.15) is 0 Å². The highest BCUT2D eigenvalue weighted by molar-refractivity contribution is 5.85. The molecular weight excluding hydrogens is 238 g/mol. The van der Waals surface area contributed by atoms with Crippen LogP contribution in [0.5, 0.6) is 0 Å². The molecule has 0 radical (unpaired) electrons. The van der Waals surface area contributed by atoms with Gasteiger partial charge in [-0.05, 0) is 19.4 Å². The molecular formula is C10H17ClF2N2O. The second kappa shape index (κ2) is 5.27. The van der Waals surface area contributed by atoms with Crippen LogP contribution in [0.1, 0.15) is 19.3 Å². The summed E-state index contributed by atoms with van der Waals surface area (Å²) in [6.07, 6.45) is 1.60. The highest BCUT2D eigenvalue weighted by Gasteiger charge is 2.41. The quantitative estimate of drug-likeness (QED) is 0.765. The number of nitrogens with zero attached hydrogens (tertiary/aromatic N) is 1. The lowest BCUT2D eigenvalue weighted by molar-refractivity contribution is -0.136. The van der Waals surface area contributed by atoms with Gasteiger partial charge in [-0.3, -0.25) is 4.79 Å². The zero-order chi connectivity index (χ0) is 10.9. The molecule has 94 valence electrons. The van der Waals surface area contributed by atoms with Crippen molar-refractivity contribution in [3.8, 4) is 0 Å². The maximum absolute atomic E-state index is 12.9. The molecule has 0 aromatic carbocycles. The fourth-order valence-corrected chi connectivity index (χ4v) is 2.24. The van der Waals surface area contributed by atoms with Gasteiger partial charge in [0, 0.05) is 19.5 Å². The van der Waals surface area contributed by atoms with E-state index < -0.39 is 5.92 Å². The van der Waals surface area contributed by atoms with Crippen LogP contribution in [-0.4, -0.2) is 42.9 Å². The van der Waals surface area contributed by atoms with Crippen LogP contribution >= 0.6 is 12.4 Å². The van der Waals surface area contributed by atoms with Gasteiger partial charge in [-0.25, -0.2) is 8.78 Å². The number of likely N-dealkylation sites (tertiary alicyclic amines) is 1. The molecule has 6 heteroatoms. The van der Waals surface area contributed by atoms with Gasteiger partial charge in [0.2, 0.25) is 5.91 Å². The molecule has 2 heterocycles. The Morgan fingerprint density at radius 3 is 2.69 bits per heavy atom. The van der Waals surface area contributed by atoms with Crippen LogP contribution in [-0.2, 0) is 4.79 Å². The molecule has 2 saturated heterocycles. The smallest absolute Gasteiger partial charge is 0.267 e. The molecule has 0 unspecified atom stereocenters. The van der Waals surface area contributed by atoms with Crippen LogP contribution in [0.25, 0.3) is 0 Å². The summed E-state index contributed by atoms with van der Waals surface area (Å²) in [5.41, 5.74) is 0. The predicted octanol–water partition coefficient (Wildman–Crippen LogP) is 1.28. The molecule has 0 bridgehead atoms. The molecule has 0 aromatic heterocycles. The first-order valence-electron chi connectivity index (χ1n) is 5.46. The van der Waals surface area contributed by atoms with Crippen molar-refractivity contribution in [1.29, 1.82) is 0 Å². The number of carbonyl (C=O) groups is 1. The Kier molecular flexibility index (Phi) is 4.50. The zero-order valence-electron chi connectivity index (χ0n) is 9.05. The Hall–Kier alpha value is -0.420. The Balaban J connectivity index is 0.00000128. The number of amides is 1. The third kappa shape index (κ3) is 3.04. The lowest BCUT2D eigenvalue weighted by atomic mass is 9.98. The van der Waals surface area contributed by atoms with Crippen molar-refractivity contribution < 1.29 is 13.6 Å². The van der Waals surface area contributed by atoms with Crippen molar-refractivity contribution in [2.75, 3.05) is 26.2 Å². The molecule has 2 aliphatic rings. The second-order valence-electron chi connectivity index (χ2n) is 4.41. The molecule has 16 heavy (non-hydrogen) atoms. The Bertz CT molecular complexity index is 257. The minimum absolute atomic E-state index is 0. The molecule has 1 N–H and O–H groups in total. The summed E-state index contributed by atoms with van der Waals surface area (Å²) in [4.78, 5) is 13.2. The summed E-state index contributed by atoms with van der Waals surface area (Å²) < 4.78 is 25.8. The van der Waals surface area contributed by atoms with Crippen LogP contribution in [0, 0.1) is 5.92 Å². The van der Waals surface area contributed by atoms with Gasteiger partial charge in [0.1, 0.15) is 0 Å². The van der Waals surface area contributed by atoms with E-state index in [4.69, 9.17) is 0 Å². The molecule has 2 fully saturated rings. The Labute approximate surface area is 100.0 Å². The third-order valence-corrected chi connectivity index (χ3v) is 3.13. The number of carbonyl (C=O) groups excluding carboxylic acids is 1. The summed E-state index contributed by atoms with van der Waals surface area (Å²) in [5, 5.41) is 3.12. The van der Waals surface area contributed by atoms with E-state index in [1.165, 1.54) is 4.90 Å². The van der Waals surface area contributed by atoms with Crippen molar-refractivity contribution in [3.05, 3.63) is 0 Å². The number of hydrogen-bond donors (Lipinski definition) is 1. The Morgan fingerprint density at radius 2 is 2.19 bits per heavy atom. The molecule has 0 spiro atoms. The fourth-order valence-electron chi connectivity index (χ4n) is 2.24. The first-order chi connectivity index (χ1) is 7.08. The number of alkyl halides is 2. The van der Waals surface area contributed by atoms with Crippen molar-refractivity contribution in [1.82, 2.24) is 10.2 Å². The molecule has 0 saturated carbocycles. The standard InChI is InChI=1S/C10H16F2N2O.ClH/c11-10(12)3-5-14(7-10)9(15)8-2-1-4-13-6-8;/h8,13H,1-7H2;1H/t8-;/m1./s1. The van der Waals surface area contributed by atoms with Gasteiger partial charge in [-0.15, -0.1) is 12.4 Å². The monoisotopic (exact) mass is 254 g/mol. The van der Waals surface area contributed by atoms with Crippen LogP contribution in [0.3, 0.4) is 0 Å². The van der Waals surface area contributed by atoms with Crippen molar-refractivity contribution in [2.24, 2.45) is 5.92 Å². The van der Waals surface area contributed by atoms with Gasteiger partial charge in [0.25, 0.3) is 5.92 Å². The third-order valence-electron chi connectivity index (χ3n) is 3.13. The van der Waals surface area contributed by atoms with Gasteiger partial charge in [0.05, 0.1) is 12.5 Å². The molecule has 0 aliphatic carbocycles. The average molecular weight is 255 g/mol. The minimum Gasteiger partial charge on any atom is -0.336 e. The first kappa shape index (κ1) is 13.6. The molecule has 2 rings (SSSR count). The normalized spacial score (nSPS) is 28.6. The van der Waals surface area contributed by atoms with Crippen LogP contribution in [0.2, 0.25) is 0 Å². The number of piperidine rings is 1. The summed E-state index contributed by atoms with van der Waals surface area (Å²) in [6, 6.07) is 0. The van der Waals surface area contributed by atoms with E-state index in [0.29, 0.717) is 6.54 Å². The van der Waals surface area contributed by atoms with Gasteiger partial charge < -0.3 is 10.2 Å². The lowest BCUT2D eigenvalue weighted by Crippen LogP contribution is -2.42. The van der Waals surface area contributed by atoms with Crippen molar-refractivity contribution >= 4 is 18.3 Å². The van der Waals surface area contributed by atoms with E-state index in [1.807, 2.05) is 0 Å². The maximum atomic E-state index is 12.9. The largest absolute Gasteiger partial charge is 0.336 e. The van der Waals surface area contributed by atoms with Gasteiger partial charge in [-0.1, -0.05) is 0 Å². The topological polar surface area (TPSA) is 32.3 Å². The van der Waals surface area contributed by atoms with Crippen LogP contribution in [0.15, 0.2) is 0 Å². The van der Waals surface area contributed by atoms with E-state index in [0.717, 1.165) is 19.4 Å².